The summed E-state index contributed by atoms with van der Waals surface area (Å²) < 4.78 is 24.3. The lowest BCUT2D eigenvalue weighted by Crippen LogP contribution is -2.21. The van der Waals surface area contributed by atoms with Crippen molar-refractivity contribution in [3.8, 4) is 17.6 Å². The largest absolute Gasteiger partial charge is 0.492 e. The van der Waals surface area contributed by atoms with Crippen LogP contribution in [0.1, 0.15) is 24.8 Å². The normalized spacial score (nSPS) is 15.5. The molecule has 1 saturated heterocycles. The maximum Gasteiger partial charge on any atom is 0.137 e. The maximum absolute atomic E-state index is 13.3. The summed E-state index contributed by atoms with van der Waals surface area (Å²) in [6, 6.07) is 4.34. The monoisotopic (exact) mass is 278 g/mol. The van der Waals surface area contributed by atoms with Crippen molar-refractivity contribution in [3.63, 3.8) is 0 Å². The Morgan fingerprint density at radius 3 is 2.90 bits per heavy atom. The Morgan fingerprint density at radius 2 is 2.15 bits per heavy atom. The van der Waals surface area contributed by atoms with Crippen LogP contribution in [0.2, 0.25) is 0 Å². The zero-order chi connectivity index (χ0) is 14.2. The number of aliphatic hydroxyl groups excluding tert-OH is 1. The molecule has 1 aliphatic heterocycles. The van der Waals surface area contributed by atoms with E-state index in [1.165, 1.54) is 12.1 Å². The van der Waals surface area contributed by atoms with Gasteiger partial charge in [0.15, 0.2) is 0 Å². The lowest BCUT2D eigenvalue weighted by Gasteiger charge is -2.22. The highest BCUT2D eigenvalue weighted by Gasteiger charge is 2.15. The van der Waals surface area contributed by atoms with Gasteiger partial charge in [-0.2, -0.15) is 0 Å². The highest BCUT2D eigenvalue weighted by atomic mass is 19.1. The molecule has 0 aliphatic carbocycles. The van der Waals surface area contributed by atoms with Gasteiger partial charge in [0.05, 0.1) is 18.8 Å². The van der Waals surface area contributed by atoms with Crippen LogP contribution in [0.25, 0.3) is 0 Å². The lowest BCUT2D eigenvalue weighted by atomic mass is 10.0. The fourth-order valence-electron chi connectivity index (χ4n) is 2.05. The molecule has 1 aromatic carbocycles. The molecule has 0 spiro atoms. The third kappa shape index (κ3) is 4.52. The average molecular weight is 278 g/mol. The zero-order valence-corrected chi connectivity index (χ0v) is 11.4. The van der Waals surface area contributed by atoms with Gasteiger partial charge in [0.1, 0.15) is 11.6 Å². The Labute approximate surface area is 118 Å². The highest BCUT2D eigenvalue weighted by molar-refractivity contribution is 5.46. The Morgan fingerprint density at radius 1 is 1.35 bits per heavy atom. The summed E-state index contributed by atoms with van der Waals surface area (Å²) >= 11 is 0. The van der Waals surface area contributed by atoms with Crippen LogP contribution in [0.15, 0.2) is 18.2 Å². The Hall–Kier alpha value is -1.57. The van der Waals surface area contributed by atoms with Crippen molar-refractivity contribution in [1.29, 1.82) is 0 Å². The van der Waals surface area contributed by atoms with Gasteiger partial charge < -0.3 is 14.6 Å². The van der Waals surface area contributed by atoms with Gasteiger partial charge in [0.25, 0.3) is 0 Å². The number of rotatable bonds is 4. The average Bonchev–Trinajstić information content (AvgIpc) is 2.48. The van der Waals surface area contributed by atoms with Gasteiger partial charge in [-0.25, -0.2) is 4.39 Å². The third-order valence-corrected chi connectivity index (χ3v) is 3.22. The number of hydrogen-bond donors (Lipinski definition) is 1. The predicted octanol–water partition coefficient (Wildman–Crippen LogP) is 2.37. The van der Waals surface area contributed by atoms with E-state index in [1.54, 1.807) is 6.07 Å². The van der Waals surface area contributed by atoms with Gasteiger partial charge in [0.2, 0.25) is 0 Å². The molecule has 0 amide bonds. The van der Waals surface area contributed by atoms with Crippen LogP contribution < -0.4 is 4.74 Å². The summed E-state index contributed by atoms with van der Waals surface area (Å²) in [5.74, 6) is 6.32. The van der Waals surface area contributed by atoms with E-state index in [2.05, 4.69) is 11.8 Å². The molecule has 2 rings (SSSR count). The van der Waals surface area contributed by atoms with Crippen LogP contribution in [0.3, 0.4) is 0 Å². The van der Waals surface area contributed by atoms with Gasteiger partial charge in [-0.3, -0.25) is 0 Å². The molecule has 1 fully saturated rings. The molecule has 1 aliphatic rings. The second kappa shape index (κ2) is 7.88. The maximum atomic E-state index is 13.3. The van der Waals surface area contributed by atoms with Crippen molar-refractivity contribution in [1.82, 2.24) is 0 Å². The summed E-state index contributed by atoms with van der Waals surface area (Å²) in [6.07, 6.45) is 2.35. The van der Waals surface area contributed by atoms with Crippen LogP contribution >= 0.6 is 0 Å². The van der Waals surface area contributed by atoms with Gasteiger partial charge in [0, 0.05) is 25.7 Å². The topological polar surface area (TPSA) is 38.7 Å². The van der Waals surface area contributed by atoms with Crippen LogP contribution in [0.4, 0.5) is 4.39 Å². The quantitative estimate of drug-likeness (QED) is 0.859. The summed E-state index contributed by atoms with van der Waals surface area (Å²) in [7, 11) is 0. The molecule has 0 atom stereocenters. The first-order valence-electron chi connectivity index (χ1n) is 6.89. The minimum Gasteiger partial charge on any atom is -0.492 e. The molecular formula is C16H19FO3. The van der Waals surface area contributed by atoms with Gasteiger partial charge in [-0.1, -0.05) is 11.8 Å². The second-order valence-corrected chi connectivity index (χ2v) is 4.78. The molecule has 20 heavy (non-hydrogen) atoms. The molecule has 0 saturated carbocycles. The van der Waals surface area contributed by atoms with E-state index in [-0.39, 0.29) is 12.4 Å². The fraction of sp³-hybridized carbons (Fsp3) is 0.500. The number of benzene rings is 1. The predicted molar refractivity (Wildman–Crippen MR) is 74.0 cm³/mol. The zero-order valence-electron chi connectivity index (χ0n) is 11.4. The van der Waals surface area contributed by atoms with Crippen LogP contribution in [0, 0.1) is 23.6 Å². The van der Waals surface area contributed by atoms with Gasteiger partial charge in [-0.05, 0) is 30.9 Å². The lowest BCUT2D eigenvalue weighted by molar-refractivity contribution is 0.0497. The van der Waals surface area contributed by atoms with Crippen LogP contribution in [-0.2, 0) is 4.74 Å². The van der Waals surface area contributed by atoms with Gasteiger partial charge >= 0.3 is 0 Å². The number of hydrogen-bond acceptors (Lipinski definition) is 3. The Bertz CT molecular complexity index is 484. The highest BCUT2D eigenvalue weighted by Crippen LogP contribution is 2.22. The molecular weight excluding hydrogens is 259 g/mol. The molecule has 0 aromatic heterocycles. The van der Waals surface area contributed by atoms with E-state index >= 15 is 0 Å². The van der Waals surface area contributed by atoms with Crippen molar-refractivity contribution in [2.24, 2.45) is 5.92 Å². The first-order chi connectivity index (χ1) is 9.79. The molecule has 0 radical (unpaired) electrons. The van der Waals surface area contributed by atoms with E-state index in [9.17, 15) is 4.39 Å². The van der Waals surface area contributed by atoms with Crippen molar-refractivity contribution in [2.75, 3.05) is 26.4 Å². The van der Waals surface area contributed by atoms with Crippen molar-refractivity contribution in [2.45, 2.75) is 19.3 Å². The first kappa shape index (κ1) is 14.8. The van der Waals surface area contributed by atoms with Crippen molar-refractivity contribution in [3.05, 3.63) is 29.6 Å². The third-order valence-electron chi connectivity index (χ3n) is 3.22. The Balaban J connectivity index is 2.01. The fourth-order valence-corrected chi connectivity index (χ4v) is 2.05. The minimum atomic E-state index is -0.334. The SMILES string of the molecule is OCCC#Cc1ccc(F)cc1OCC1CCOCC1. The molecule has 1 aromatic rings. The molecule has 0 bridgehead atoms. The summed E-state index contributed by atoms with van der Waals surface area (Å²) in [5, 5.41) is 8.73. The Kier molecular flexibility index (Phi) is 5.85. The molecule has 1 heterocycles. The molecule has 0 unspecified atom stereocenters. The van der Waals surface area contributed by atoms with Gasteiger partial charge in [-0.15, -0.1) is 0 Å². The van der Waals surface area contributed by atoms with Crippen molar-refractivity contribution >= 4 is 0 Å². The molecule has 108 valence electrons. The van der Waals surface area contributed by atoms with E-state index < -0.39 is 0 Å². The number of halogens is 1. The molecule has 4 heteroatoms. The standard InChI is InChI=1S/C16H19FO3/c17-15-5-4-14(3-1-2-8-18)16(11-15)20-12-13-6-9-19-10-7-13/h4-5,11,13,18H,2,6-10,12H2. The van der Waals surface area contributed by atoms with Crippen LogP contribution in [-0.4, -0.2) is 31.5 Å². The molecule has 1 N–H and O–H groups in total. The number of ether oxygens (including phenoxy) is 2. The first-order valence-corrected chi connectivity index (χ1v) is 6.89. The summed E-state index contributed by atoms with van der Waals surface area (Å²) in [6.45, 7) is 2.11. The van der Waals surface area contributed by atoms with E-state index in [0.29, 0.717) is 30.3 Å². The smallest absolute Gasteiger partial charge is 0.137 e. The second-order valence-electron chi connectivity index (χ2n) is 4.78. The molecule has 3 nitrogen and oxygen atoms in total. The minimum absolute atomic E-state index is 0.0203. The van der Waals surface area contributed by atoms with E-state index in [4.69, 9.17) is 14.6 Å². The van der Waals surface area contributed by atoms with Crippen LogP contribution in [0.5, 0.6) is 5.75 Å². The summed E-state index contributed by atoms with van der Waals surface area (Å²) in [4.78, 5) is 0. The van der Waals surface area contributed by atoms with E-state index in [0.717, 1.165) is 26.1 Å². The van der Waals surface area contributed by atoms with E-state index in [1.807, 2.05) is 0 Å². The number of aliphatic hydroxyl groups is 1. The summed E-state index contributed by atoms with van der Waals surface area (Å²) in [5.41, 5.74) is 0.659. The van der Waals surface area contributed by atoms with Crippen molar-refractivity contribution < 1.29 is 19.0 Å².